The number of benzene rings is 2. The van der Waals surface area contributed by atoms with Gasteiger partial charge in [-0.3, -0.25) is 4.79 Å². The molecular weight excluding hydrogens is 458 g/mol. The maximum Gasteiger partial charge on any atom is 0.291 e. The summed E-state index contributed by atoms with van der Waals surface area (Å²) in [6, 6.07) is 13.1. The highest BCUT2D eigenvalue weighted by atomic mass is 35.5. The zero-order valence-corrected chi connectivity index (χ0v) is 20.2. The van der Waals surface area contributed by atoms with Crippen LogP contribution in [0.2, 0.25) is 5.02 Å². The van der Waals surface area contributed by atoms with E-state index in [-0.39, 0.29) is 5.56 Å². The van der Waals surface area contributed by atoms with Gasteiger partial charge in [-0.2, -0.15) is 9.50 Å². The molecule has 6 nitrogen and oxygen atoms in total. The summed E-state index contributed by atoms with van der Waals surface area (Å²) >= 11 is 7.21. The van der Waals surface area contributed by atoms with Gasteiger partial charge in [-0.1, -0.05) is 61.1 Å². The van der Waals surface area contributed by atoms with Crippen LogP contribution in [0.25, 0.3) is 23.2 Å². The molecule has 170 valence electrons. The molecule has 0 saturated carbocycles. The lowest BCUT2D eigenvalue weighted by Crippen LogP contribution is -2.23. The summed E-state index contributed by atoms with van der Waals surface area (Å²) < 4.78 is 13.2. The van der Waals surface area contributed by atoms with E-state index in [1.807, 2.05) is 54.6 Å². The summed E-state index contributed by atoms with van der Waals surface area (Å²) in [5, 5.41) is 5.01. The average molecular weight is 482 g/mol. The Bertz CT molecular complexity index is 1390. The van der Waals surface area contributed by atoms with Crippen LogP contribution in [-0.4, -0.2) is 28.3 Å². The van der Waals surface area contributed by atoms with Gasteiger partial charge in [-0.05, 0) is 59.9 Å². The number of aromatic nitrogens is 3. The van der Waals surface area contributed by atoms with E-state index in [0.717, 1.165) is 17.5 Å². The van der Waals surface area contributed by atoms with E-state index in [9.17, 15) is 4.79 Å². The maximum absolute atomic E-state index is 12.8. The van der Waals surface area contributed by atoms with E-state index in [2.05, 4.69) is 23.9 Å². The van der Waals surface area contributed by atoms with Crippen molar-refractivity contribution in [1.29, 1.82) is 0 Å². The molecule has 0 aliphatic carbocycles. The smallest absolute Gasteiger partial charge is 0.291 e. The monoisotopic (exact) mass is 481 g/mol. The largest absolute Gasteiger partial charge is 0.493 e. The molecule has 0 radical (unpaired) electrons. The second-order valence-electron chi connectivity index (χ2n) is 7.91. The highest BCUT2D eigenvalue weighted by Gasteiger charge is 2.10. The maximum atomic E-state index is 12.8. The summed E-state index contributed by atoms with van der Waals surface area (Å²) in [6.07, 6.45) is 6.43. The molecular formula is C25H24ClN3O3S. The molecule has 0 fully saturated rings. The van der Waals surface area contributed by atoms with E-state index >= 15 is 0 Å². The molecule has 0 aliphatic rings. The number of halogens is 1. The first kappa shape index (κ1) is 23.0. The predicted octanol–water partition coefficient (Wildman–Crippen LogP) is 4.96. The third-order valence-electron chi connectivity index (χ3n) is 4.93. The van der Waals surface area contributed by atoms with Gasteiger partial charge in [0.1, 0.15) is 0 Å². The molecule has 0 spiro atoms. The highest BCUT2D eigenvalue weighted by molar-refractivity contribution is 7.15. The fourth-order valence-electron chi connectivity index (χ4n) is 3.11. The fourth-order valence-corrected chi connectivity index (χ4v) is 4.15. The molecule has 0 unspecified atom stereocenters. The standard InChI is InChI=1S/C25H24ClN3O3S/c1-16(2)12-13-32-20-10-6-18(14-21(20)31-3)15-22-24(30)29-25(33-22)27-23(28-29)11-7-17-4-8-19(26)9-5-17/h4-11,14-16H,12-13H2,1-3H3. The van der Waals surface area contributed by atoms with Gasteiger partial charge in [0.2, 0.25) is 4.96 Å². The minimum absolute atomic E-state index is 0.204. The van der Waals surface area contributed by atoms with Crippen LogP contribution in [0.3, 0.4) is 0 Å². The molecule has 33 heavy (non-hydrogen) atoms. The first-order valence-corrected chi connectivity index (χ1v) is 11.8. The number of methoxy groups -OCH3 is 1. The van der Waals surface area contributed by atoms with E-state index in [4.69, 9.17) is 21.1 Å². The number of hydrogen-bond acceptors (Lipinski definition) is 6. The SMILES string of the molecule is COc1cc(C=c2sc3nc(C=Cc4ccc(Cl)cc4)nn3c2=O)ccc1OCCC(C)C. The Morgan fingerprint density at radius 3 is 2.55 bits per heavy atom. The van der Waals surface area contributed by atoms with Crippen molar-refractivity contribution in [3.63, 3.8) is 0 Å². The fraction of sp³-hybridized carbons (Fsp3) is 0.240. The summed E-state index contributed by atoms with van der Waals surface area (Å²) in [4.78, 5) is 17.8. The van der Waals surface area contributed by atoms with Crippen molar-refractivity contribution in [3.8, 4) is 11.5 Å². The average Bonchev–Trinajstić information content (AvgIpc) is 3.32. The van der Waals surface area contributed by atoms with E-state index < -0.39 is 0 Å². The second-order valence-corrected chi connectivity index (χ2v) is 9.35. The van der Waals surface area contributed by atoms with E-state index in [0.29, 0.717) is 44.4 Å². The van der Waals surface area contributed by atoms with Gasteiger partial charge >= 0.3 is 0 Å². The normalized spacial score (nSPS) is 12.3. The molecule has 4 rings (SSSR count). The van der Waals surface area contributed by atoms with Gasteiger partial charge in [0, 0.05) is 5.02 Å². The Kier molecular flexibility index (Phi) is 7.11. The molecule has 0 atom stereocenters. The lowest BCUT2D eigenvalue weighted by atomic mass is 10.1. The molecule has 2 aromatic heterocycles. The molecule has 4 aromatic rings. The second kappa shape index (κ2) is 10.2. The van der Waals surface area contributed by atoms with Crippen molar-refractivity contribution in [3.05, 3.63) is 79.3 Å². The molecule has 0 aliphatic heterocycles. The predicted molar refractivity (Wildman–Crippen MR) is 134 cm³/mol. The summed E-state index contributed by atoms with van der Waals surface area (Å²) in [7, 11) is 1.61. The third-order valence-corrected chi connectivity index (χ3v) is 6.14. The van der Waals surface area contributed by atoms with Crippen LogP contribution in [0, 0.1) is 5.92 Å². The Morgan fingerprint density at radius 2 is 1.85 bits per heavy atom. The van der Waals surface area contributed by atoms with Crippen molar-refractivity contribution < 1.29 is 9.47 Å². The quantitative estimate of drug-likeness (QED) is 0.356. The van der Waals surface area contributed by atoms with Crippen molar-refractivity contribution in [2.45, 2.75) is 20.3 Å². The Balaban J connectivity index is 1.56. The summed E-state index contributed by atoms with van der Waals surface area (Å²) in [6.45, 7) is 4.94. The van der Waals surface area contributed by atoms with Crippen molar-refractivity contribution >= 4 is 46.1 Å². The summed E-state index contributed by atoms with van der Waals surface area (Å²) in [5.41, 5.74) is 1.61. The van der Waals surface area contributed by atoms with Crippen molar-refractivity contribution in [2.75, 3.05) is 13.7 Å². The molecule has 0 amide bonds. The number of thiazole rings is 1. The number of fused-ring (bicyclic) bond motifs is 1. The number of ether oxygens (including phenoxy) is 2. The number of nitrogens with zero attached hydrogens (tertiary/aromatic N) is 3. The highest BCUT2D eigenvalue weighted by Crippen LogP contribution is 2.28. The van der Waals surface area contributed by atoms with Gasteiger partial charge in [0.15, 0.2) is 17.3 Å². The Labute approximate surface area is 200 Å². The van der Waals surface area contributed by atoms with Crippen LogP contribution in [0.15, 0.2) is 47.3 Å². The number of hydrogen-bond donors (Lipinski definition) is 0. The third kappa shape index (κ3) is 5.61. The zero-order chi connectivity index (χ0) is 23.4. The topological polar surface area (TPSA) is 65.7 Å². The molecule has 0 bridgehead atoms. The van der Waals surface area contributed by atoms with Crippen molar-refractivity contribution in [1.82, 2.24) is 14.6 Å². The molecule has 2 aromatic carbocycles. The Morgan fingerprint density at radius 1 is 1.09 bits per heavy atom. The van der Waals surface area contributed by atoms with Crippen LogP contribution in [0.4, 0.5) is 0 Å². The summed E-state index contributed by atoms with van der Waals surface area (Å²) in [5.74, 6) is 2.37. The van der Waals surface area contributed by atoms with Gasteiger partial charge in [0.05, 0.1) is 18.2 Å². The van der Waals surface area contributed by atoms with Crippen molar-refractivity contribution in [2.24, 2.45) is 5.92 Å². The first-order chi connectivity index (χ1) is 15.9. The number of rotatable bonds is 8. The van der Waals surface area contributed by atoms with Gasteiger partial charge in [0.25, 0.3) is 5.56 Å². The molecule has 8 heteroatoms. The molecule has 2 heterocycles. The molecule has 0 N–H and O–H groups in total. The minimum atomic E-state index is -0.204. The first-order valence-electron chi connectivity index (χ1n) is 10.6. The van der Waals surface area contributed by atoms with Crippen LogP contribution < -0.4 is 19.6 Å². The molecule has 0 saturated heterocycles. The van der Waals surface area contributed by atoms with Crippen LogP contribution >= 0.6 is 22.9 Å². The van der Waals surface area contributed by atoms with Gasteiger partial charge in [-0.15, -0.1) is 5.10 Å². The zero-order valence-electron chi connectivity index (χ0n) is 18.6. The van der Waals surface area contributed by atoms with Crippen LogP contribution in [-0.2, 0) is 0 Å². The minimum Gasteiger partial charge on any atom is -0.493 e. The van der Waals surface area contributed by atoms with E-state index in [1.54, 1.807) is 13.2 Å². The lowest BCUT2D eigenvalue weighted by Gasteiger charge is -2.12. The van der Waals surface area contributed by atoms with Gasteiger partial charge < -0.3 is 9.47 Å². The lowest BCUT2D eigenvalue weighted by molar-refractivity contribution is 0.273. The van der Waals surface area contributed by atoms with Crippen LogP contribution in [0.5, 0.6) is 11.5 Å². The Hall–Kier alpha value is -3.16. The van der Waals surface area contributed by atoms with Crippen LogP contribution in [0.1, 0.15) is 37.2 Å². The van der Waals surface area contributed by atoms with Gasteiger partial charge in [-0.25, -0.2) is 0 Å². The van der Waals surface area contributed by atoms with E-state index in [1.165, 1.54) is 15.9 Å².